The highest BCUT2D eigenvalue weighted by Gasteiger charge is 2.34. The molecule has 0 unspecified atom stereocenters. The van der Waals surface area contributed by atoms with Crippen LogP contribution in [0.2, 0.25) is 0 Å². The second kappa shape index (κ2) is 7.69. The Morgan fingerprint density at radius 1 is 1.03 bits per heavy atom. The van der Waals surface area contributed by atoms with E-state index in [1.54, 1.807) is 0 Å². The molecule has 150 valence electrons. The molecule has 1 fully saturated rings. The number of pyridine rings is 1. The van der Waals surface area contributed by atoms with Crippen LogP contribution in [0.4, 0.5) is 0 Å². The molecule has 0 aliphatic heterocycles. The van der Waals surface area contributed by atoms with Crippen LogP contribution >= 0.6 is 11.3 Å². The van der Waals surface area contributed by atoms with Gasteiger partial charge in [0.15, 0.2) is 0 Å². The van der Waals surface area contributed by atoms with Gasteiger partial charge >= 0.3 is 0 Å². The molecule has 2 heterocycles. The van der Waals surface area contributed by atoms with Gasteiger partial charge in [0.2, 0.25) is 0 Å². The lowest BCUT2D eigenvalue weighted by Crippen LogP contribution is -2.32. The standard InChI is InChI=1S/C26H24N2OS/c1-17-5-3-6-20(13-17)25-21(15-19-9-8-18(2)14-23(19)27-25)16-28(22-10-11-22)26(29)24-7-4-12-30-24/h3-9,12-15,22H,10-11,16H2,1-2H3. The minimum Gasteiger partial charge on any atom is -0.331 e. The Morgan fingerprint density at radius 3 is 2.60 bits per heavy atom. The van der Waals surface area contributed by atoms with Gasteiger partial charge in [-0.3, -0.25) is 4.79 Å². The van der Waals surface area contributed by atoms with Gasteiger partial charge in [0.05, 0.1) is 16.1 Å². The molecule has 5 rings (SSSR count). The zero-order valence-electron chi connectivity index (χ0n) is 17.3. The molecule has 3 nitrogen and oxygen atoms in total. The van der Waals surface area contributed by atoms with Gasteiger partial charge in [0, 0.05) is 23.5 Å². The van der Waals surface area contributed by atoms with Crippen molar-refractivity contribution < 1.29 is 4.79 Å². The highest BCUT2D eigenvalue weighted by atomic mass is 32.1. The summed E-state index contributed by atoms with van der Waals surface area (Å²) in [5, 5.41) is 3.09. The minimum absolute atomic E-state index is 0.131. The van der Waals surface area contributed by atoms with Crippen LogP contribution in [0.1, 0.15) is 39.2 Å². The zero-order valence-corrected chi connectivity index (χ0v) is 18.1. The van der Waals surface area contributed by atoms with Crippen molar-refractivity contribution in [2.45, 2.75) is 39.3 Å². The van der Waals surface area contributed by atoms with Crippen molar-refractivity contribution in [3.63, 3.8) is 0 Å². The molecular formula is C26H24N2OS. The van der Waals surface area contributed by atoms with Crippen molar-refractivity contribution in [1.29, 1.82) is 0 Å². The predicted molar refractivity (Wildman–Crippen MR) is 124 cm³/mol. The van der Waals surface area contributed by atoms with E-state index in [9.17, 15) is 4.79 Å². The Hall–Kier alpha value is -2.98. The molecule has 4 heteroatoms. The summed E-state index contributed by atoms with van der Waals surface area (Å²) in [6.45, 7) is 4.78. The number of fused-ring (bicyclic) bond motifs is 1. The smallest absolute Gasteiger partial charge is 0.264 e. The molecule has 1 aliphatic carbocycles. The lowest BCUT2D eigenvalue weighted by atomic mass is 10.0. The minimum atomic E-state index is 0.131. The fourth-order valence-electron chi connectivity index (χ4n) is 3.96. The van der Waals surface area contributed by atoms with Gasteiger partial charge in [-0.1, -0.05) is 42.0 Å². The van der Waals surface area contributed by atoms with Crippen LogP contribution in [0.5, 0.6) is 0 Å². The first kappa shape index (κ1) is 19.0. The van der Waals surface area contributed by atoms with Crippen LogP contribution < -0.4 is 0 Å². The van der Waals surface area contributed by atoms with E-state index in [2.05, 4.69) is 62.4 Å². The summed E-state index contributed by atoms with van der Waals surface area (Å²) in [4.78, 5) is 21.1. The number of amides is 1. The number of aryl methyl sites for hydroxylation is 2. The molecular weight excluding hydrogens is 388 g/mol. The van der Waals surface area contributed by atoms with Gasteiger partial charge in [0.1, 0.15) is 0 Å². The van der Waals surface area contributed by atoms with E-state index < -0.39 is 0 Å². The second-order valence-corrected chi connectivity index (χ2v) is 9.15. The normalized spacial score (nSPS) is 13.5. The molecule has 0 atom stereocenters. The summed E-state index contributed by atoms with van der Waals surface area (Å²) in [6, 6.07) is 21.3. The maximum absolute atomic E-state index is 13.2. The van der Waals surface area contributed by atoms with E-state index in [0.29, 0.717) is 12.6 Å². The number of carbonyl (C=O) groups excluding carboxylic acids is 1. The maximum atomic E-state index is 13.2. The molecule has 2 aromatic heterocycles. The van der Waals surface area contributed by atoms with E-state index in [4.69, 9.17) is 4.98 Å². The summed E-state index contributed by atoms with van der Waals surface area (Å²) in [5.74, 6) is 0.131. The molecule has 0 saturated heterocycles. The van der Waals surface area contributed by atoms with Gasteiger partial charge in [-0.05, 0) is 67.5 Å². The SMILES string of the molecule is Cc1cccc(-c2nc3cc(C)ccc3cc2CN(C(=O)c2cccs2)C2CC2)c1. The fraction of sp³-hybridized carbons (Fsp3) is 0.231. The highest BCUT2D eigenvalue weighted by Crippen LogP contribution is 2.34. The van der Waals surface area contributed by atoms with Gasteiger partial charge in [-0.25, -0.2) is 4.98 Å². The first-order valence-electron chi connectivity index (χ1n) is 10.4. The molecule has 1 amide bonds. The van der Waals surface area contributed by atoms with Crippen LogP contribution in [0.15, 0.2) is 66.0 Å². The molecule has 0 N–H and O–H groups in total. The maximum Gasteiger partial charge on any atom is 0.264 e. The lowest BCUT2D eigenvalue weighted by Gasteiger charge is -2.23. The molecule has 1 saturated carbocycles. The number of hydrogen-bond donors (Lipinski definition) is 0. The first-order valence-corrected chi connectivity index (χ1v) is 11.3. The molecule has 4 aromatic rings. The third-order valence-electron chi connectivity index (χ3n) is 5.66. The van der Waals surface area contributed by atoms with Crippen LogP contribution in [0.25, 0.3) is 22.2 Å². The average Bonchev–Trinajstić information content (AvgIpc) is 3.43. The van der Waals surface area contributed by atoms with E-state index in [1.807, 2.05) is 22.4 Å². The van der Waals surface area contributed by atoms with Crippen LogP contribution in [-0.2, 0) is 6.54 Å². The third kappa shape index (κ3) is 3.75. The van der Waals surface area contributed by atoms with Crippen molar-refractivity contribution >= 4 is 28.1 Å². The molecule has 0 spiro atoms. The number of rotatable bonds is 5. The summed E-state index contributed by atoms with van der Waals surface area (Å²) >= 11 is 1.51. The Kier molecular flexibility index (Phi) is 4.87. The van der Waals surface area contributed by atoms with E-state index in [-0.39, 0.29) is 5.91 Å². The lowest BCUT2D eigenvalue weighted by molar-refractivity contribution is 0.0735. The predicted octanol–water partition coefficient (Wildman–Crippen LogP) is 6.38. The number of carbonyl (C=O) groups is 1. The Labute approximate surface area is 181 Å². The summed E-state index contributed by atoms with van der Waals surface area (Å²) in [7, 11) is 0. The summed E-state index contributed by atoms with van der Waals surface area (Å²) in [6.07, 6.45) is 2.16. The first-order chi connectivity index (χ1) is 14.6. The Morgan fingerprint density at radius 2 is 1.87 bits per heavy atom. The topological polar surface area (TPSA) is 33.2 Å². The quantitative estimate of drug-likeness (QED) is 0.381. The van der Waals surface area contributed by atoms with Crippen molar-refractivity contribution in [2.24, 2.45) is 0 Å². The van der Waals surface area contributed by atoms with Gasteiger partial charge in [-0.15, -0.1) is 11.3 Å². The number of aromatic nitrogens is 1. The van der Waals surface area contributed by atoms with Crippen molar-refractivity contribution in [3.8, 4) is 11.3 Å². The number of nitrogens with zero attached hydrogens (tertiary/aromatic N) is 2. The fourth-order valence-corrected chi connectivity index (χ4v) is 4.64. The zero-order chi connectivity index (χ0) is 20.7. The van der Waals surface area contributed by atoms with E-state index in [0.717, 1.165) is 45.4 Å². The van der Waals surface area contributed by atoms with Crippen molar-refractivity contribution in [1.82, 2.24) is 9.88 Å². The molecule has 0 bridgehead atoms. The number of hydrogen-bond acceptors (Lipinski definition) is 3. The second-order valence-electron chi connectivity index (χ2n) is 8.20. The monoisotopic (exact) mass is 412 g/mol. The van der Waals surface area contributed by atoms with Crippen LogP contribution in [0.3, 0.4) is 0 Å². The number of benzene rings is 2. The van der Waals surface area contributed by atoms with Crippen molar-refractivity contribution in [2.75, 3.05) is 0 Å². The van der Waals surface area contributed by atoms with E-state index in [1.165, 1.54) is 22.5 Å². The Balaban J connectivity index is 1.62. The highest BCUT2D eigenvalue weighted by molar-refractivity contribution is 7.12. The Bertz CT molecular complexity index is 1230. The molecule has 30 heavy (non-hydrogen) atoms. The van der Waals surface area contributed by atoms with Crippen LogP contribution in [-0.4, -0.2) is 21.8 Å². The summed E-state index contributed by atoms with van der Waals surface area (Å²) < 4.78 is 0. The van der Waals surface area contributed by atoms with Gasteiger partial charge < -0.3 is 4.90 Å². The number of thiophene rings is 1. The largest absolute Gasteiger partial charge is 0.331 e. The molecule has 2 aromatic carbocycles. The molecule has 0 radical (unpaired) electrons. The summed E-state index contributed by atoms with van der Waals surface area (Å²) in [5.41, 5.74) is 6.59. The van der Waals surface area contributed by atoms with E-state index >= 15 is 0 Å². The third-order valence-corrected chi connectivity index (χ3v) is 6.52. The average molecular weight is 413 g/mol. The van der Waals surface area contributed by atoms with Gasteiger partial charge in [0.25, 0.3) is 5.91 Å². The van der Waals surface area contributed by atoms with Crippen LogP contribution in [0, 0.1) is 13.8 Å². The van der Waals surface area contributed by atoms with Crippen molar-refractivity contribution in [3.05, 3.63) is 87.6 Å². The molecule has 1 aliphatic rings. The van der Waals surface area contributed by atoms with Gasteiger partial charge in [-0.2, -0.15) is 0 Å².